The molecular weight excluding hydrogens is 241 g/mol. The highest BCUT2D eigenvalue weighted by atomic mass is 19.1. The number of hydrogen-bond donors (Lipinski definition) is 1. The molecule has 1 N–H and O–H groups in total. The van der Waals surface area contributed by atoms with Gasteiger partial charge in [-0.15, -0.1) is 0 Å². The molecule has 2 heterocycles. The van der Waals surface area contributed by atoms with Gasteiger partial charge in [-0.3, -0.25) is 0 Å². The fraction of sp³-hybridized carbons (Fsp3) is 0.267. The highest BCUT2D eigenvalue weighted by Crippen LogP contribution is 2.29. The number of rotatable bonds is 2. The first-order chi connectivity index (χ1) is 9.08. The summed E-state index contributed by atoms with van der Waals surface area (Å²) in [6.45, 7) is 3.99. The van der Waals surface area contributed by atoms with Crippen LogP contribution in [0.4, 0.5) is 4.39 Å². The molecule has 0 fully saturated rings. The normalized spacial score (nSPS) is 11.6. The third-order valence-electron chi connectivity index (χ3n) is 3.45. The van der Waals surface area contributed by atoms with Gasteiger partial charge in [0.25, 0.3) is 0 Å². The van der Waals surface area contributed by atoms with Gasteiger partial charge in [0.1, 0.15) is 0 Å². The van der Waals surface area contributed by atoms with Gasteiger partial charge < -0.3 is 9.55 Å². The van der Waals surface area contributed by atoms with Crippen molar-refractivity contribution >= 4 is 10.9 Å². The quantitative estimate of drug-likeness (QED) is 0.743. The van der Waals surface area contributed by atoms with Gasteiger partial charge in [0.05, 0.1) is 11.2 Å². The van der Waals surface area contributed by atoms with Gasteiger partial charge in [0, 0.05) is 24.8 Å². The Hall–Kier alpha value is -2.10. The maximum atomic E-state index is 14.4. The Balaban J connectivity index is 2.22. The topological polar surface area (TPSA) is 33.6 Å². The molecule has 0 atom stereocenters. The molecule has 0 bridgehead atoms. The van der Waals surface area contributed by atoms with E-state index < -0.39 is 0 Å². The van der Waals surface area contributed by atoms with Crippen molar-refractivity contribution in [2.75, 3.05) is 0 Å². The minimum Gasteiger partial charge on any atom is -0.350 e. The second-order valence-corrected chi connectivity index (χ2v) is 5.13. The molecule has 0 saturated heterocycles. The van der Waals surface area contributed by atoms with E-state index in [9.17, 15) is 4.39 Å². The largest absolute Gasteiger partial charge is 0.350 e. The Morgan fingerprint density at radius 1 is 1.32 bits per heavy atom. The lowest BCUT2D eigenvalue weighted by molar-refractivity contribution is 0.607. The van der Waals surface area contributed by atoms with Crippen molar-refractivity contribution < 1.29 is 4.39 Å². The summed E-state index contributed by atoms with van der Waals surface area (Å²) < 4.78 is 16.3. The molecule has 4 heteroatoms. The minimum absolute atomic E-state index is 0.159. The average Bonchev–Trinajstić information content (AvgIpc) is 2.94. The molecule has 2 aromatic heterocycles. The van der Waals surface area contributed by atoms with E-state index in [2.05, 4.69) is 9.97 Å². The third kappa shape index (κ3) is 1.84. The van der Waals surface area contributed by atoms with Crippen LogP contribution in [0.2, 0.25) is 0 Å². The summed E-state index contributed by atoms with van der Waals surface area (Å²) in [5.74, 6) is 0.818. The summed E-state index contributed by atoms with van der Waals surface area (Å²) in [4.78, 5) is 7.42. The lowest BCUT2D eigenvalue weighted by atomic mass is 10.0. The van der Waals surface area contributed by atoms with Crippen LogP contribution in [-0.2, 0) is 7.05 Å². The number of nitrogens with zero attached hydrogens (tertiary/aromatic N) is 2. The Bertz CT molecular complexity index is 737. The highest BCUT2D eigenvalue weighted by molar-refractivity contribution is 5.86. The van der Waals surface area contributed by atoms with Gasteiger partial charge in [-0.1, -0.05) is 26.0 Å². The van der Waals surface area contributed by atoms with Crippen LogP contribution >= 0.6 is 0 Å². The first kappa shape index (κ1) is 12.0. The van der Waals surface area contributed by atoms with E-state index in [0.717, 1.165) is 22.5 Å². The SMILES string of the molecule is CC(C)c1ccc2cc(-c3nccn3C)[nH]c2c1F. The van der Waals surface area contributed by atoms with Gasteiger partial charge in [0.15, 0.2) is 11.6 Å². The molecule has 0 radical (unpaired) electrons. The predicted molar refractivity (Wildman–Crippen MR) is 74.5 cm³/mol. The smallest absolute Gasteiger partial charge is 0.156 e. The standard InChI is InChI=1S/C15H16FN3/c1-9(2)11-5-4-10-8-12(18-14(10)13(11)16)15-17-6-7-19(15)3/h4-9,18H,1-3H3. The average molecular weight is 257 g/mol. The lowest BCUT2D eigenvalue weighted by Gasteiger charge is -2.06. The highest BCUT2D eigenvalue weighted by Gasteiger charge is 2.14. The van der Waals surface area contributed by atoms with Crippen molar-refractivity contribution in [3.8, 4) is 11.5 Å². The van der Waals surface area contributed by atoms with E-state index in [1.165, 1.54) is 0 Å². The van der Waals surface area contributed by atoms with Crippen LogP contribution in [-0.4, -0.2) is 14.5 Å². The van der Waals surface area contributed by atoms with Crippen molar-refractivity contribution in [1.29, 1.82) is 0 Å². The summed E-state index contributed by atoms with van der Waals surface area (Å²) in [6, 6.07) is 5.75. The number of aromatic amines is 1. The molecule has 0 saturated carbocycles. The molecule has 0 aliphatic rings. The van der Waals surface area contributed by atoms with Crippen LogP contribution in [0.3, 0.4) is 0 Å². The second kappa shape index (κ2) is 4.23. The van der Waals surface area contributed by atoms with E-state index in [4.69, 9.17) is 0 Å². The van der Waals surface area contributed by atoms with Crippen LogP contribution < -0.4 is 0 Å². The van der Waals surface area contributed by atoms with Crippen LogP contribution in [0, 0.1) is 5.82 Å². The van der Waals surface area contributed by atoms with Crippen LogP contribution in [0.1, 0.15) is 25.3 Å². The summed E-state index contributed by atoms with van der Waals surface area (Å²) in [7, 11) is 1.92. The maximum Gasteiger partial charge on any atom is 0.156 e. The number of imidazole rings is 1. The molecule has 3 rings (SSSR count). The first-order valence-electron chi connectivity index (χ1n) is 6.36. The number of aromatic nitrogens is 3. The molecule has 98 valence electrons. The van der Waals surface area contributed by atoms with Crippen LogP contribution in [0.25, 0.3) is 22.4 Å². The van der Waals surface area contributed by atoms with E-state index >= 15 is 0 Å². The molecule has 0 aliphatic heterocycles. The van der Waals surface area contributed by atoms with Gasteiger partial charge in [-0.25, -0.2) is 9.37 Å². The minimum atomic E-state index is -0.159. The first-order valence-corrected chi connectivity index (χ1v) is 6.36. The molecule has 19 heavy (non-hydrogen) atoms. The monoisotopic (exact) mass is 257 g/mol. The Morgan fingerprint density at radius 2 is 2.11 bits per heavy atom. The summed E-state index contributed by atoms with van der Waals surface area (Å²) in [6.07, 6.45) is 3.60. The van der Waals surface area contributed by atoms with E-state index in [-0.39, 0.29) is 11.7 Å². The molecule has 0 amide bonds. The van der Waals surface area contributed by atoms with Crippen molar-refractivity contribution in [2.45, 2.75) is 19.8 Å². The summed E-state index contributed by atoms with van der Waals surface area (Å²) in [5, 5.41) is 0.875. The fourth-order valence-corrected chi connectivity index (χ4v) is 2.37. The molecule has 0 aliphatic carbocycles. The maximum absolute atomic E-state index is 14.4. The summed E-state index contributed by atoms with van der Waals surface area (Å²) in [5.41, 5.74) is 2.13. The van der Waals surface area contributed by atoms with Gasteiger partial charge in [-0.05, 0) is 17.5 Å². The zero-order chi connectivity index (χ0) is 13.6. The second-order valence-electron chi connectivity index (χ2n) is 5.13. The third-order valence-corrected chi connectivity index (χ3v) is 3.45. The van der Waals surface area contributed by atoms with E-state index in [1.54, 1.807) is 6.20 Å². The van der Waals surface area contributed by atoms with E-state index in [0.29, 0.717) is 5.52 Å². The Kier molecular flexibility index (Phi) is 2.66. The molecule has 0 unspecified atom stereocenters. The molecule has 3 aromatic rings. The fourth-order valence-electron chi connectivity index (χ4n) is 2.37. The zero-order valence-electron chi connectivity index (χ0n) is 11.2. The predicted octanol–water partition coefficient (Wildman–Crippen LogP) is 3.83. The number of nitrogens with one attached hydrogen (secondary N) is 1. The Morgan fingerprint density at radius 3 is 2.74 bits per heavy atom. The molecule has 0 spiro atoms. The lowest BCUT2D eigenvalue weighted by Crippen LogP contribution is -1.94. The van der Waals surface area contributed by atoms with Crippen molar-refractivity contribution in [3.63, 3.8) is 0 Å². The van der Waals surface area contributed by atoms with Crippen LogP contribution in [0.5, 0.6) is 0 Å². The van der Waals surface area contributed by atoms with Gasteiger partial charge >= 0.3 is 0 Å². The Labute approximate surface area is 111 Å². The van der Waals surface area contributed by atoms with Gasteiger partial charge in [-0.2, -0.15) is 0 Å². The van der Waals surface area contributed by atoms with Crippen molar-refractivity contribution in [1.82, 2.24) is 14.5 Å². The van der Waals surface area contributed by atoms with E-state index in [1.807, 2.05) is 49.9 Å². The zero-order valence-corrected chi connectivity index (χ0v) is 11.2. The van der Waals surface area contributed by atoms with Gasteiger partial charge in [0.2, 0.25) is 0 Å². The van der Waals surface area contributed by atoms with Crippen LogP contribution in [0.15, 0.2) is 30.6 Å². The number of fused-ring (bicyclic) bond motifs is 1. The number of benzene rings is 1. The number of hydrogen-bond acceptors (Lipinski definition) is 1. The molecule has 3 nitrogen and oxygen atoms in total. The molecule has 1 aromatic carbocycles. The number of halogens is 1. The molecular formula is C15H16FN3. The van der Waals surface area contributed by atoms with Crippen molar-refractivity contribution in [2.24, 2.45) is 7.05 Å². The van der Waals surface area contributed by atoms with Crippen molar-refractivity contribution in [3.05, 3.63) is 42.0 Å². The number of aryl methyl sites for hydroxylation is 1. The number of H-pyrrole nitrogens is 1. The summed E-state index contributed by atoms with van der Waals surface area (Å²) >= 11 is 0.